The van der Waals surface area contributed by atoms with E-state index in [0.29, 0.717) is 9.87 Å². The Labute approximate surface area is 204 Å². The molecule has 2 aromatic rings. The molecule has 10 heteroatoms. The molecule has 0 radical (unpaired) electrons. The number of amides is 3. The van der Waals surface area contributed by atoms with Gasteiger partial charge in [0.2, 0.25) is 11.8 Å². The average Bonchev–Trinajstić information content (AvgIpc) is 3.41. The number of rotatable bonds is 8. The third-order valence-corrected chi connectivity index (χ3v) is 8.33. The van der Waals surface area contributed by atoms with Gasteiger partial charge in [0.05, 0.1) is 5.56 Å². The van der Waals surface area contributed by atoms with Crippen LogP contribution in [0.15, 0.2) is 53.4 Å². The normalized spacial score (nSPS) is 17.8. The van der Waals surface area contributed by atoms with Crippen LogP contribution in [0.2, 0.25) is 0 Å². The summed E-state index contributed by atoms with van der Waals surface area (Å²) in [4.78, 5) is 40.6. The number of hydrogen-bond acceptors (Lipinski definition) is 5. The molecule has 0 saturated heterocycles. The van der Waals surface area contributed by atoms with Crippen molar-refractivity contribution in [2.75, 3.05) is 6.54 Å². The van der Waals surface area contributed by atoms with Crippen molar-refractivity contribution >= 4 is 27.7 Å². The van der Waals surface area contributed by atoms with Gasteiger partial charge in [-0.1, -0.05) is 44.0 Å². The van der Waals surface area contributed by atoms with Gasteiger partial charge in [0.25, 0.3) is 15.9 Å². The second kappa shape index (κ2) is 10.2. The number of halogens is 1. The largest absolute Gasteiger partial charge is 0.352 e. The fraction of sp³-hybridized carbons (Fsp3) is 0.400. The van der Waals surface area contributed by atoms with E-state index in [0.717, 1.165) is 25.7 Å². The second-order valence-corrected chi connectivity index (χ2v) is 10.7. The molecular weight excluding hydrogens is 473 g/mol. The van der Waals surface area contributed by atoms with Gasteiger partial charge in [-0.15, -0.1) is 0 Å². The lowest BCUT2D eigenvalue weighted by atomic mass is 10.1. The lowest BCUT2D eigenvalue weighted by Crippen LogP contribution is -2.53. The third kappa shape index (κ3) is 5.07. The van der Waals surface area contributed by atoms with Crippen molar-refractivity contribution in [1.82, 2.24) is 14.5 Å². The van der Waals surface area contributed by atoms with E-state index in [2.05, 4.69) is 5.32 Å². The Hall–Kier alpha value is -3.27. The maximum absolute atomic E-state index is 13.5. The summed E-state index contributed by atoms with van der Waals surface area (Å²) in [5.41, 5.74) is 0.585. The highest BCUT2D eigenvalue weighted by Gasteiger charge is 2.43. The van der Waals surface area contributed by atoms with Crippen LogP contribution in [-0.2, 0) is 26.2 Å². The molecule has 0 aromatic heterocycles. The highest BCUT2D eigenvalue weighted by Crippen LogP contribution is 2.30. The van der Waals surface area contributed by atoms with Crippen LogP contribution in [0, 0.1) is 5.82 Å². The molecule has 4 rings (SSSR count). The van der Waals surface area contributed by atoms with E-state index < -0.39 is 40.2 Å². The molecule has 186 valence electrons. The predicted molar refractivity (Wildman–Crippen MR) is 126 cm³/mol. The van der Waals surface area contributed by atoms with E-state index in [9.17, 15) is 27.2 Å². The molecule has 1 atom stereocenters. The van der Waals surface area contributed by atoms with E-state index in [1.807, 2.05) is 0 Å². The number of nitrogens with one attached hydrogen (secondary N) is 1. The van der Waals surface area contributed by atoms with Gasteiger partial charge in [0.15, 0.2) is 0 Å². The average molecular weight is 502 g/mol. The minimum absolute atomic E-state index is 0.0106. The van der Waals surface area contributed by atoms with Crippen molar-refractivity contribution in [3.8, 4) is 0 Å². The molecule has 1 aliphatic heterocycles. The van der Waals surface area contributed by atoms with Crippen LogP contribution in [-0.4, -0.2) is 54.0 Å². The van der Waals surface area contributed by atoms with E-state index in [4.69, 9.17) is 0 Å². The van der Waals surface area contributed by atoms with Crippen molar-refractivity contribution in [3.63, 3.8) is 0 Å². The van der Waals surface area contributed by atoms with Gasteiger partial charge >= 0.3 is 0 Å². The molecule has 1 N–H and O–H groups in total. The fourth-order valence-electron chi connectivity index (χ4n) is 4.67. The summed E-state index contributed by atoms with van der Waals surface area (Å²) in [5, 5.41) is 3.00. The first-order valence-electron chi connectivity index (χ1n) is 11.7. The van der Waals surface area contributed by atoms with Crippen LogP contribution in [0.4, 0.5) is 4.39 Å². The first-order chi connectivity index (χ1) is 16.7. The smallest absolute Gasteiger partial charge is 0.269 e. The van der Waals surface area contributed by atoms with Crippen LogP contribution in [0.1, 0.15) is 54.9 Å². The molecule has 0 spiro atoms. The molecule has 1 aliphatic carbocycles. The number of carbonyl (C=O) groups excluding carboxylic acids is 3. The Morgan fingerprint density at radius 1 is 1.11 bits per heavy atom. The molecule has 1 unspecified atom stereocenters. The molecule has 8 nitrogen and oxygen atoms in total. The van der Waals surface area contributed by atoms with Crippen molar-refractivity contribution in [2.24, 2.45) is 0 Å². The first kappa shape index (κ1) is 24.8. The Balaban J connectivity index is 1.60. The lowest BCUT2D eigenvalue weighted by molar-refractivity contribution is -0.141. The zero-order valence-electron chi connectivity index (χ0n) is 19.4. The van der Waals surface area contributed by atoms with Crippen LogP contribution < -0.4 is 5.32 Å². The zero-order valence-corrected chi connectivity index (χ0v) is 20.3. The number of fused-ring (bicyclic) bond motifs is 1. The van der Waals surface area contributed by atoms with Crippen LogP contribution in [0.25, 0.3) is 0 Å². The van der Waals surface area contributed by atoms with Crippen molar-refractivity contribution in [1.29, 1.82) is 0 Å². The predicted octanol–water partition coefficient (Wildman–Crippen LogP) is 2.84. The first-order valence-corrected chi connectivity index (χ1v) is 13.2. The van der Waals surface area contributed by atoms with Crippen molar-refractivity contribution < 1.29 is 27.2 Å². The SMILES string of the molecule is CCC(C(=O)NC1CCCC1)N(Cc1ccc(F)cc1)C(=O)CN1C(=O)c2ccccc2S1(=O)=O. The Morgan fingerprint density at radius 3 is 2.40 bits per heavy atom. The van der Waals surface area contributed by atoms with Gasteiger partial charge in [-0.25, -0.2) is 17.1 Å². The highest BCUT2D eigenvalue weighted by atomic mass is 32.2. The second-order valence-electron chi connectivity index (χ2n) is 8.88. The molecule has 0 bridgehead atoms. The van der Waals surface area contributed by atoms with Gasteiger partial charge in [-0.2, -0.15) is 0 Å². The molecule has 1 saturated carbocycles. The molecule has 35 heavy (non-hydrogen) atoms. The van der Waals surface area contributed by atoms with E-state index in [-0.39, 0.29) is 35.4 Å². The molecule has 2 aliphatic rings. The maximum Gasteiger partial charge on any atom is 0.269 e. The minimum Gasteiger partial charge on any atom is -0.352 e. The van der Waals surface area contributed by atoms with Gasteiger partial charge in [0.1, 0.15) is 23.3 Å². The monoisotopic (exact) mass is 501 g/mol. The number of benzene rings is 2. The van der Waals surface area contributed by atoms with E-state index in [1.165, 1.54) is 47.4 Å². The Morgan fingerprint density at radius 2 is 1.77 bits per heavy atom. The number of carbonyl (C=O) groups is 3. The van der Waals surface area contributed by atoms with Gasteiger partial charge < -0.3 is 10.2 Å². The minimum atomic E-state index is -4.19. The van der Waals surface area contributed by atoms with Gasteiger partial charge in [0, 0.05) is 12.6 Å². The molecule has 1 fully saturated rings. The third-order valence-electron chi connectivity index (χ3n) is 6.54. The van der Waals surface area contributed by atoms with E-state index in [1.54, 1.807) is 13.0 Å². The Bertz CT molecular complexity index is 1230. The topological polar surface area (TPSA) is 104 Å². The number of nitrogens with zero attached hydrogens (tertiary/aromatic N) is 2. The summed E-state index contributed by atoms with van der Waals surface area (Å²) in [6, 6.07) is 10.5. The molecule has 3 amide bonds. The Kier molecular flexibility index (Phi) is 7.20. The van der Waals surface area contributed by atoms with E-state index >= 15 is 0 Å². The summed E-state index contributed by atoms with van der Waals surface area (Å²) >= 11 is 0. The number of hydrogen-bond donors (Lipinski definition) is 1. The highest BCUT2D eigenvalue weighted by molar-refractivity contribution is 7.90. The van der Waals surface area contributed by atoms with Gasteiger partial charge in [-0.3, -0.25) is 14.4 Å². The van der Waals surface area contributed by atoms with Crippen molar-refractivity contribution in [2.45, 2.75) is 62.6 Å². The molecule has 1 heterocycles. The van der Waals surface area contributed by atoms with Crippen LogP contribution in [0.3, 0.4) is 0 Å². The maximum atomic E-state index is 13.5. The fourth-order valence-corrected chi connectivity index (χ4v) is 6.19. The van der Waals surface area contributed by atoms with Gasteiger partial charge in [-0.05, 0) is 49.1 Å². The summed E-state index contributed by atoms with van der Waals surface area (Å²) < 4.78 is 39.9. The van der Waals surface area contributed by atoms with Crippen molar-refractivity contribution in [3.05, 3.63) is 65.5 Å². The quantitative estimate of drug-likeness (QED) is 0.599. The molecular formula is C25H28FN3O5S. The lowest BCUT2D eigenvalue weighted by Gasteiger charge is -2.32. The summed E-state index contributed by atoms with van der Waals surface area (Å²) in [7, 11) is -4.19. The number of sulfonamides is 1. The zero-order chi connectivity index (χ0) is 25.2. The summed E-state index contributed by atoms with van der Waals surface area (Å²) in [6.45, 7) is 0.992. The summed E-state index contributed by atoms with van der Waals surface area (Å²) in [6.07, 6.45) is 4.07. The standard InChI is InChI=1S/C25H28FN3O5S/c1-2-21(24(31)27-19-7-3-4-8-19)28(15-17-11-13-18(26)14-12-17)23(30)16-29-25(32)20-9-5-6-10-22(20)35(29,33)34/h5-6,9-14,19,21H,2-4,7-8,15-16H2,1H3,(H,27,31). The van der Waals surface area contributed by atoms with Crippen LogP contribution >= 0.6 is 0 Å². The summed E-state index contributed by atoms with van der Waals surface area (Å²) in [5.74, 6) is -2.23. The van der Waals surface area contributed by atoms with Crippen LogP contribution in [0.5, 0.6) is 0 Å². The molecule has 2 aromatic carbocycles.